The quantitative estimate of drug-likeness (QED) is 0.866. The van der Waals surface area contributed by atoms with Crippen LogP contribution in [0.4, 0.5) is 0 Å². The van der Waals surface area contributed by atoms with Crippen LogP contribution in [0.15, 0.2) is 18.2 Å². The van der Waals surface area contributed by atoms with E-state index in [1.807, 2.05) is 25.1 Å². The summed E-state index contributed by atoms with van der Waals surface area (Å²) in [4.78, 5) is 12.2. The van der Waals surface area contributed by atoms with Crippen LogP contribution in [0, 0.1) is 12.8 Å². The monoisotopic (exact) mass is 276 g/mol. The summed E-state index contributed by atoms with van der Waals surface area (Å²) in [6.45, 7) is 4.92. The number of piperidine rings is 1. The molecule has 1 amide bonds. The Hall–Kier alpha value is -1.55. The number of benzene rings is 1. The third kappa shape index (κ3) is 3.97. The molecule has 0 spiro atoms. The van der Waals surface area contributed by atoms with Gasteiger partial charge in [-0.25, -0.2) is 0 Å². The standard InChI is InChI=1S/C16H24N2O2/c1-12-3-4-15(20-2)14(11-12)16(19)18-10-7-13-5-8-17-9-6-13/h3-4,11,13,17H,5-10H2,1-2H3,(H,18,19). The van der Waals surface area contributed by atoms with Crippen molar-refractivity contribution in [3.63, 3.8) is 0 Å². The van der Waals surface area contributed by atoms with Crippen molar-refractivity contribution in [2.45, 2.75) is 26.2 Å². The zero-order valence-corrected chi connectivity index (χ0v) is 12.4. The van der Waals surface area contributed by atoms with Crippen LogP contribution in [0.2, 0.25) is 0 Å². The number of hydrogen-bond donors (Lipinski definition) is 2. The molecule has 0 saturated carbocycles. The molecule has 0 atom stereocenters. The van der Waals surface area contributed by atoms with Gasteiger partial charge < -0.3 is 15.4 Å². The van der Waals surface area contributed by atoms with E-state index in [1.165, 1.54) is 12.8 Å². The van der Waals surface area contributed by atoms with Crippen molar-refractivity contribution in [1.29, 1.82) is 0 Å². The van der Waals surface area contributed by atoms with Gasteiger partial charge in [-0.3, -0.25) is 4.79 Å². The van der Waals surface area contributed by atoms with Gasteiger partial charge in [0, 0.05) is 6.54 Å². The van der Waals surface area contributed by atoms with Crippen LogP contribution in [-0.4, -0.2) is 32.7 Å². The Morgan fingerprint density at radius 1 is 1.40 bits per heavy atom. The second-order valence-corrected chi connectivity index (χ2v) is 5.44. The molecule has 2 N–H and O–H groups in total. The molecular weight excluding hydrogens is 252 g/mol. The number of carbonyl (C=O) groups is 1. The average Bonchev–Trinajstić information content (AvgIpc) is 2.48. The number of aryl methyl sites for hydroxylation is 1. The van der Waals surface area contributed by atoms with Crippen molar-refractivity contribution < 1.29 is 9.53 Å². The Morgan fingerprint density at radius 3 is 2.85 bits per heavy atom. The lowest BCUT2D eigenvalue weighted by molar-refractivity contribution is 0.0947. The minimum atomic E-state index is -0.0421. The van der Waals surface area contributed by atoms with Gasteiger partial charge >= 0.3 is 0 Å². The summed E-state index contributed by atoms with van der Waals surface area (Å²) in [6.07, 6.45) is 3.48. The Labute approximate surface area is 120 Å². The zero-order chi connectivity index (χ0) is 14.4. The molecule has 110 valence electrons. The summed E-state index contributed by atoms with van der Waals surface area (Å²) in [6, 6.07) is 5.67. The van der Waals surface area contributed by atoms with Crippen LogP contribution in [-0.2, 0) is 0 Å². The maximum atomic E-state index is 12.2. The van der Waals surface area contributed by atoms with Crippen molar-refractivity contribution in [1.82, 2.24) is 10.6 Å². The number of methoxy groups -OCH3 is 1. The fourth-order valence-electron chi connectivity index (χ4n) is 2.65. The van der Waals surface area contributed by atoms with Gasteiger partial charge in [-0.1, -0.05) is 11.6 Å². The third-order valence-corrected chi connectivity index (χ3v) is 3.90. The van der Waals surface area contributed by atoms with Crippen LogP contribution < -0.4 is 15.4 Å². The van der Waals surface area contributed by atoms with E-state index < -0.39 is 0 Å². The maximum Gasteiger partial charge on any atom is 0.255 e. The topological polar surface area (TPSA) is 50.4 Å². The molecule has 4 nitrogen and oxygen atoms in total. The highest BCUT2D eigenvalue weighted by atomic mass is 16.5. The molecule has 1 aromatic carbocycles. The normalized spacial score (nSPS) is 15.9. The van der Waals surface area contributed by atoms with Crippen molar-refractivity contribution in [2.75, 3.05) is 26.7 Å². The zero-order valence-electron chi connectivity index (χ0n) is 12.4. The Kier molecular flexibility index (Phi) is 5.41. The van der Waals surface area contributed by atoms with E-state index in [2.05, 4.69) is 10.6 Å². The second kappa shape index (κ2) is 7.29. The van der Waals surface area contributed by atoms with E-state index in [0.29, 0.717) is 11.3 Å². The van der Waals surface area contributed by atoms with E-state index >= 15 is 0 Å². The third-order valence-electron chi connectivity index (χ3n) is 3.90. The van der Waals surface area contributed by atoms with E-state index in [9.17, 15) is 4.79 Å². The van der Waals surface area contributed by atoms with Crippen molar-refractivity contribution in [3.05, 3.63) is 29.3 Å². The van der Waals surface area contributed by atoms with E-state index in [4.69, 9.17) is 4.74 Å². The van der Waals surface area contributed by atoms with Gasteiger partial charge in [0.15, 0.2) is 0 Å². The van der Waals surface area contributed by atoms with E-state index in [0.717, 1.165) is 37.5 Å². The lowest BCUT2D eigenvalue weighted by Gasteiger charge is -2.22. The SMILES string of the molecule is COc1ccc(C)cc1C(=O)NCCC1CCNCC1. The molecule has 20 heavy (non-hydrogen) atoms. The summed E-state index contributed by atoms with van der Waals surface area (Å²) in [7, 11) is 1.59. The molecule has 1 aromatic rings. The van der Waals surface area contributed by atoms with Gasteiger partial charge in [-0.15, -0.1) is 0 Å². The van der Waals surface area contributed by atoms with Crippen LogP contribution in [0.5, 0.6) is 5.75 Å². The molecule has 0 bridgehead atoms. The second-order valence-electron chi connectivity index (χ2n) is 5.44. The molecule has 1 aliphatic rings. The van der Waals surface area contributed by atoms with Crippen LogP contribution in [0.1, 0.15) is 35.2 Å². The highest BCUT2D eigenvalue weighted by Gasteiger charge is 2.15. The summed E-state index contributed by atoms with van der Waals surface area (Å²) in [5.41, 5.74) is 1.69. The molecule has 1 aliphatic heterocycles. The van der Waals surface area contributed by atoms with Gasteiger partial charge in [0.2, 0.25) is 0 Å². The lowest BCUT2D eigenvalue weighted by atomic mass is 9.95. The van der Waals surface area contributed by atoms with E-state index in [-0.39, 0.29) is 5.91 Å². The number of rotatable bonds is 5. The van der Waals surface area contributed by atoms with Crippen LogP contribution >= 0.6 is 0 Å². The number of ether oxygens (including phenoxy) is 1. The highest BCUT2D eigenvalue weighted by Crippen LogP contribution is 2.20. The summed E-state index contributed by atoms with van der Waals surface area (Å²) in [5, 5.41) is 6.37. The fourth-order valence-corrected chi connectivity index (χ4v) is 2.65. The molecule has 1 saturated heterocycles. The molecule has 0 aromatic heterocycles. The first-order valence-corrected chi connectivity index (χ1v) is 7.34. The molecule has 2 rings (SSSR count). The smallest absolute Gasteiger partial charge is 0.255 e. The highest BCUT2D eigenvalue weighted by molar-refractivity contribution is 5.97. The number of nitrogens with one attached hydrogen (secondary N) is 2. The molecule has 1 heterocycles. The number of amides is 1. The lowest BCUT2D eigenvalue weighted by Crippen LogP contribution is -2.31. The van der Waals surface area contributed by atoms with Crippen molar-refractivity contribution in [2.24, 2.45) is 5.92 Å². The summed E-state index contributed by atoms with van der Waals surface area (Å²) >= 11 is 0. The molecule has 0 radical (unpaired) electrons. The Bertz CT molecular complexity index is 454. The van der Waals surface area contributed by atoms with Crippen molar-refractivity contribution in [3.8, 4) is 5.75 Å². The Balaban J connectivity index is 1.86. The van der Waals surface area contributed by atoms with Crippen LogP contribution in [0.3, 0.4) is 0 Å². The largest absolute Gasteiger partial charge is 0.496 e. The number of carbonyl (C=O) groups excluding carboxylic acids is 1. The molecule has 4 heteroatoms. The minimum Gasteiger partial charge on any atom is -0.496 e. The number of hydrogen-bond acceptors (Lipinski definition) is 3. The fraction of sp³-hybridized carbons (Fsp3) is 0.562. The molecule has 0 unspecified atom stereocenters. The molecule has 1 fully saturated rings. The first-order valence-electron chi connectivity index (χ1n) is 7.34. The van der Waals surface area contributed by atoms with Crippen LogP contribution in [0.25, 0.3) is 0 Å². The Morgan fingerprint density at radius 2 is 2.15 bits per heavy atom. The maximum absolute atomic E-state index is 12.2. The van der Waals surface area contributed by atoms with Crippen molar-refractivity contribution >= 4 is 5.91 Å². The molecule has 0 aliphatic carbocycles. The molecular formula is C16H24N2O2. The van der Waals surface area contributed by atoms with E-state index in [1.54, 1.807) is 7.11 Å². The predicted molar refractivity (Wildman–Crippen MR) is 80.3 cm³/mol. The van der Waals surface area contributed by atoms with Gasteiger partial charge in [-0.2, -0.15) is 0 Å². The van der Waals surface area contributed by atoms with Gasteiger partial charge in [-0.05, 0) is 57.3 Å². The summed E-state index contributed by atoms with van der Waals surface area (Å²) in [5.74, 6) is 1.32. The minimum absolute atomic E-state index is 0.0421. The van der Waals surface area contributed by atoms with Gasteiger partial charge in [0.05, 0.1) is 12.7 Å². The van der Waals surface area contributed by atoms with Gasteiger partial charge in [0.25, 0.3) is 5.91 Å². The first-order chi connectivity index (χ1) is 9.70. The van der Waals surface area contributed by atoms with Gasteiger partial charge in [0.1, 0.15) is 5.75 Å². The average molecular weight is 276 g/mol. The first kappa shape index (κ1) is 14.9. The predicted octanol–water partition coefficient (Wildman–Crippen LogP) is 2.12. The summed E-state index contributed by atoms with van der Waals surface area (Å²) < 4.78 is 5.25.